The Morgan fingerprint density at radius 1 is 1.67 bits per heavy atom. The monoisotopic (exact) mass is 207 g/mol. The summed E-state index contributed by atoms with van der Waals surface area (Å²) in [6.45, 7) is 3.02. The van der Waals surface area contributed by atoms with E-state index < -0.39 is 0 Å². The number of aliphatic imine (C=N–C) groups is 1. The SMILES string of the molecule is CN=C[C@]1(c2cc(C)no2)CCCN1C. The number of nitrogens with zero attached hydrogens (tertiary/aromatic N) is 3. The zero-order valence-corrected chi connectivity index (χ0v) is 9.53. The Balaban J connectivity index is 2.42. The lowest BCUT2D eigenvalue weighted by molar-refractivity contribution is 0.203. The van der Waals surface area contributed by atoms with Crippen molar-refractivity contribution in [3.63, 3.8) is 0 Å². The largest absolute Gasteiger partial charge is 0.359 e. The Kier molecular flexibility index (Phi) is 2.61. The van der Waals surface area contributed by atoms with Gasteiger partial charge in [-0.1, -0.05) is 5.16 Å². The van der Waals surface area contributed by atoms with Crippen molar-refractivity contribution in [3.05, 3.63) is 17.5 Å². The van der Waals surface area contributed by atoms with Gasteiger partial charge in [-0.2, -0.15) is 0 Å². The normalized spacial score (nSPS) is 27.9. The summed E-state index contributed by atoms with van der Waals surface area (Å²) in [5.41, 5.74) is 0.755. The summed E-state index contributed by atoms with van der Waals surface area (Å²) < 4.78 is 5.39. The number of likely N-dealkylation sites (tertiary alicyclic amines) is 1. The Hall–Kier alpha value is -1.16. The molecule has 0 spiro atoms. The van der Waals surface area contributed by atoms with Crippen LogP contribution in [0.2, 0.25) is 0 Å². The molecule has 0 saturated carbocycles. The minimum absolute atomic E-state index is 0.171. The van der Waals surface area contributed by atoms with E-state index in [1.165, 1.54) is 6.42 Å². The predicted octanol–water partition coefficient (Wildman–Crippen LogP) is 1.60. The van der Waals surface area contributed by atoms with Gasteiger partial charge in [-0.15, -0.1) is 0 Å². The Morgan fingerprint density at radius 3 is 2.93 bits per heavy atom. The highest BCUT2D eigenvalue weighted by molar-refractivity contribution is 5.72. The van der Waals surface area contributed by atoms with E-state index >= 15 is 0 Å². The lowest BCUT2D eigenvalue weighted by Crippen LogP contribution is -2.39. The van der Waals surface area contributed by atoms with Crippen LogP contribution in [-0.4, -0.2) is 36.9 Å². The van der Waals surface area contributed by atoms with Gasteiger partial charge >= 0.3 is 0 Å². The zero-order valence-electron chi connectivity index (χ0n) is 9.53. The molecule has 0 N–H and O–H groups in total. The molecule has 4 heteroatoms. The van der Waals surface area contributed by atoms with Crippen LogP contribution in [0.15, 0.2) is 15.6 Å². The van der Waals surface area contributed by atoms with E-state index in [1.807, 2.05) is 19.2 Å². The van der Waals surface area contributed by atoms with Gasteiger partial charge in [0.1, 0.15) is 5.54 Å². The average Bonchev–Trinajstić information content (AvgIpc) is 2.76. The summed E-state index contributed by atoms with van der Waals surface area (Å²) in [7, 11) is 3.91. The Morgan fingerprint density at radius 2 is 2.47 bits per heavy atom. The highest BCUT2D eigenvalue weighted by Gasteiger charge is 2.42. The van der Waals surface area contributed by atoms with Gasteiger partial charge in [0.25, 0.3) is 0 Å². The average molecular weight is 207 g/mol. The van der Waals surface area contributed by atoms with Crippen LogP contribution in [0.3, 0.4) is 0 Å². The van der Waals surface area contributed by atoms with Crippen molar-refractivity contribution in [2.75, 3.05) is 20.6 Å². The van der Waals surface area contributed by atoms with Gasteiger partial charge in [-0.3, -0.25) is 9.89 Å². The molecule has 0 aromatic carbocycles. The molecule has 0 amide bonds. The molecule has 1 aromatic heterocycles. The lowest BCUT2D eigenvalue weighted by atomic mass is 9.94. The maximum Gasteiger partial charge on any atom is 0.162 e. The van der Waals surface area contributed by atoms with Crippen molar-refractivity contribution in [3.8, 4) is 0 Å². The molecule has 82 valence electrons. The molecule has 1 aliphatic rings. The highest BCUT2D eigenvalue weighted by atomic mass is 16.5. The topological polar surface area (TPSA) is 41.6 Å². The van der Waals surface area contributed by atoms with E-state index in [0.29, 0.717) is 0 Å². The van der Waals surface area contributed by atoms with Crippen LogP contribution in [0.4, 0.5) is 0 Å². The fourth-order valence-electron chi connectivity index (χ4n) is 2.30. The standard InChI is InChI=1S/C11H17N3O/c1-9-7-10(15-13-9)11(8-12-2)5-4-6-14(11)3/h7-8H,4-6H2,1-3H3/t11-/m0/s1. The van der Waals surface area contributed by atoms with Crippen molar-refractivity contribution in [1.29, 1.82) is 0 Å². The van der Waals surface area contributed by atoms with Gasteiger partial charge < -0.3 is 4.52 Å². The van der Waals surface area contributed by atoms with Crippen molar-refractivity contribution in [2.45, 2.75) is 25.3 Å². The molecule has 15 heavy (non-hydrogen) atoms. The van der Waals surface area contributed by atoms with E-state index in [2.05, 4.69) is 22.1 Å². The molecule has 1 saturated heterocycles. The highest BCUT2D eigenvalue weighted by Crippen LogP contribution is 2.36. The van der Waals surface area contributed by atoms with Crippen LogP contribution >= 0.6 is 0 Å². The fourth-order valence-corrected chi connectivity index (χ4v) is 2.30. The van der Waals surface area contributed by atoms with Crippen LogP contribution < -0.4 is 0 Å². The van der Waals surface area contributed by atoms with Gasteiger partial charge in [-0.05, 0) is 33.4 Å². The maximum absolute atomic E-state index is 5.39. The third kappa shape index (κ3) is 1.59. The van der Waals surface area contributed by atoms with Crippen molar-refractivity contribution in [2.24, 2.45) is 4.99 Å². The second-order valence-electron chi connectivity index (χ2n) is 4.17. The molecule has 1 aromatic rings. The summed E-state index contributed by atoms with van der Waals surface area (Å²) in [6, 6.07) is 2.00. The minimum atomic E-state index is -0.171. The number of rotatable bonds is 2. The smallest absolute Gasteiger partial charge is 0.162 e. The van der Waals surface area contributed by atoms with E-state index in [4.69, 9.17) is 4.52 Å². The van der Waals surface area contributed by atoms with Crippen LogP contribution in [-0.2, 0) is 5.54 Å². The van der Waals surface area contributed by atoms with Crippen LogP contribution in [0.25, 0.3) is 0 Å². The summed E-state index contributed by atoms with van der Waals surface area (Å²) in [5.74, 6) is 0.908. The second-order valence-corrected chi connectivity index (χ2v) is 4.17. The van der Waals surface area contributed by atoms with Crippen LogP contribution in [0.1, 0.15) is 24.3 Å². The first-order valence-electron chi connectivity index (χ1n) is 5.27. The molecular weight excluding hydrogens is 190 g/mol. The minimum Gasteiger partial charge on any atom is -0.359 e. The van der Waals surface area contributed by atoms with Gasteiger partial charge in [-0.25, -0.2) is 0 Å². The van der Waals surface area contributed by atoms with Crippen LogP contribution in [0.5, 0.6) is 0 Å². The number of hydrogen-bond donors (Lipinski definition) is 0. The molecule has 1 fully saturated rings. The first kappa shape index (κ1) is 10.4. The van der Waals surface area contributed by atoms with Crippen molar-refractivity contribution in [1.82, 2.24) is 10.1 Å². The maximum atomic E-state index is 5.39. The third-order valence-electron chi connectivity index (χ3n) is 3.13. The van der Waals surface area contributed by atoms with Gasteiger partial charge in [0.15, 0.2) is 5.76 Å². The van der Waals surface area contributed by atoms with Gasteiger partial charge in [0, 0.05) is 19.3 Å². The van der Waals surface area contributed by atoms with Crippen molar-refractivity contribution < 1.29 is 4.52 Å². The molecule has 1 atom stereocenters. The Labute approximate surface area is 90.0 Å². The van der Waals surface area contributed by atoms with Gasteiger partial charge in [0.2, 0.25) is 0 Å². The molecule has 4 nitrogen and oxygen atoms in total. The molecule has 1 aliphatic heterocycles. The molecule has 0 radical (unpaired) electrons. The molecular formula is C11H17N3O. The van der Waals surface area contributed by atoms with E-state index in [9.17, 15) is 0 Å². The summed E-state index contributed by atoms with van der Waals surface area (Å²) in [4.78, 5) is 6.45. The number of aromatic nitrogens is 1. The first-order chi connectivity index (χ1) is 7.19. The molecule has 0 unspecified atom stereocenters. The van der Waals surface area contributed by atoms with E-state index in [0.717, 1.165) is 24.4 Å². The molecule has 0 bridgehead atoms. The Bertz CT molecular complexity index is 372. The quantitative estimate of drug-likeness (QED) is 0.692. The molecule has 0 aliphatic carbocycles. The summed E-state index contributed by atoms with van der Waals surface area (Å²) >= 11 is 0. The van der Waals surface area contributed by atoms with E-state index in [-0.39, 0.29) is 5.54 Å². The third-order valence-corrected chi connectivity index (χ3v) is 3.13. The zero-order chi connectivity index (χ0) is 10.9. The number of hydrogen-bond acceptors (Lipinski definition) is 4. The first-order valence-corrected chi connectivity index (χ1v) is 5.27. The predicted molar refractivity (Wildman–Crippen MR) is 59.2 cm³/mol. The molecule has 2 heterocycles. The summed E-state index contributed by atoms with van der Waals surface area (Å²) in [6.07, 6.45) is 4.19. The molecule has 2 rings (SSSR count). The fraction of sp³-hybridized carbons (Fsp3) is 0.636. The second kappa shape index (κ2) is 3.77. The van der Waals surface area contributed by atoms with Crippen LogP contribution in [0, 0.1) is 6.92 Å². The number of aryl methyl sites for hydroxylation is 1. The lowest BCUT2D eigenvalue weighted by Gasteiger charge is -2.29. The van der Waals surface area contributed by atoms with Crippen molar-refractivity contribution >= 4 is 6.21 Å². The van der Waals surface area contributed by atoms with Gasteiger partial charge in [0.05, 0.1) is 5.69 Å². The summed E-state index contributed by atoms with van der Waals surface area (Å²) in [5, 5.41) is 3.96. The van der Waals surface area contributed by atoms with E-state index in [1.54, 1.807) is 7.05 Å².